The zero-order chi connectivity index (χ0) is 8.43. The molecule has 11 heavy (non-hydrogen) atoms. The summed E-state index contributed by atoms with van der Waals surface area (Å²) in [4.78, 5) is 0. The zero-order valence-electron chi connectivity index (χ0n) is 6.01. The van der Waals surface area contributed by atoms with Crippen molar-refractivity contribution in [2.24, 2.45) is 5.92 Å². The molecule has 4 atom stereocenters. The maximum Gasteiger partial charge on any atom is 0.112 e. The molecule has 0 bridgehead atoms. The Morgan fingerprint density at radius 2 is 1.73 bits per heavy atom. The van der Waals surface area contributed by atoms with Crippen LogP contribution < -0.4 is 5.32 Å². The van der Waals surface area contributed by atoms with Crippen LogP contribution in [0.1, 0.15) is 0 Å². The van der Waals surface area contributed by atoms with Crippen LogP contribution in [0, 0.1) is 5.92 Å². The van der Waals surface area contributed by atoms with Gasteiger partial charge >= 0.3 is 0 Å². The molecule has 0 saturated carbocycles. The highest BCUT2D eigenvalue weighted by molar-refractivity contribution is 4.92. The van der Waals surface area contributed by atoms with Crippen molar-refractivity contribution in [3.63, 3.8) is 0 Å². The van der Waals surface area contributed by atoms with Crippen molar-refractivity contribution in [3.05, 3.63) is 0 Å². The Morgan fingerprint density at radius 3 is 2.00 bits per heavy atom. The lowest BCUT2D eigenvalue weighted by atomic mass is 10.0. The minimum atomic E-state index is -0.924. The van der Waals surface area contributed by atoms with Gasteiger partial charge in [0.2, 0.25) is 0 Å². The van der Waals surface area contributed by atoms with Gasteiger partial charge in [-0.3, -0.25) is 5.32 Å². The predicted octanol–water partition coefficient (Wildman–Crippen LogP) is -2.76. The van der Waals surface area contributed by atoms with E-state index in [1.165, 1.54) is 0 Å². The summed E-state index contributed by atoms with van der Waals surface area (Å²) in [5, 5.41) is 38.3. The minimum absolute atomic E-state index is 0.241. The summed E-state index contributed by atoms with van der Waals surface area (Å²) in [5.74, 6) is -0.591. The molecule has 0 spiro atoms. The number of hydrogen-bond donors (Lipinski definition) is 5. The Hall–Kier alpha value is -0.200. The maximum absolute atomic E-state index is 9.28. The largest absolute Gasteiger partial charge is 0.396 e. The second-order valence-corrected chi connectivity index (χ2v) is 2.74. The van der Waals surface area contributed by atoms with Crippen LogP contribution in [0.2, 0.25) is 0 Å². The van der Waals surface area contributed by atoms with Gasteiger partial charge in [0.1, 0.15) is 6.23 Å². The fraction of sp³-hybridized carbons (Fsp3) is 1.00. The van der Waals surface area contributed by atoms with Crippen LogP contribution in [-0.4, -0.2) is 52.0 Å². The topological polar surface area (TPSA) is 93.0 Å². The average Bonchev–Trinajstić information content (AvgIpc) is 2.26. The fourth-order valence-corrected chi connectivity index (χ4v) is 1.30. The van der Waals surface area contributed by atoms with Crippen LogP contribution in [0.4, 0.5) is 0 Å². The lowest BCUT2D eigenvalue weighted by Crippen LogP contribution is -2.36. The molecule has 0 aromatic heterocycles. The third-order valence-corrected chi connectivity index (χ3v) is 2.05. The van der Waals surface area contributed by atoms with Crippen molar-refractivity contribution < 1.29 is 20.4 Å². The molecule has 1 heterocycles. The summed E-state index contributed by atoms with van der Waals surface area (Å²) in [5.41, 5.74) is 0. The fourth-order valence-electron chi connectivity index (χ4n) is 1.30. The van der Waals surface area contributed by atoms with E-state index in [0.29, 0.717) is 0 Å². The van der Waals surface area contributed by atoms with Gasteiger partial charge in [-0.25, -0.2) is 0 Å². The number of aliphatic hydroxyl groups is 4. The Bertz CT molecular complexity index is 132. The SMILES string of the molecule is OCC1N[C@@H](O)[C@H](CO)[C@H]1O. The number of rotatable bonds is 2. The Balaban J connectivity index is 2.55. The van der Waals surface area contributed by atoms with E-state index in [1.54, 1.807) is 0 Å². The van der Waals surface area contributed by atoms with E-state index in [9.17, 15) is 5.11 Å². The van der Waals surface area contributed by atoms with Gasteiger partial charge in [-0.1, -0.05) is 0 Å². The lowest BCUT2D eigenvalue weighted by Gasteiger charge is -2.14. The summed E-state index contributed by atoms with van der Waals surface area (Å²) in [7, 11) is 0. The highest BCUT2D eigenvalue weighted by Gasteiger charge is 2.40. The molecule has 1 aliphatic rings. The molecular weight excluding hydrogens is 150 g/mol. The van der Waals surface area contributed by atoms with E-state index < -0.39 is 24.3 Å². The maximum atomic E-state index is 9.28. The smallest absolute Gasteiger partial charge is 0.112 e. The number of nitrogens with one attached hydrogen (secondary N) is 1. The molecule has 5 N–H and O–H groups in total. The molecule has 1 saturated heterocycles. The van der Waals surface area contributed by atoms with Crippen molar-refractivity contribution in [2.45, 2.75) is 18.4 Å². The Kier molecular flexibility index (Phi) is 2.80. The first-order valence-electron chi connectivity index (χ1n) is 3.54. The van der Waals surface area contributed by atoms with Gasteiger partial charge in [-0.05, 0) is 0 Å². The molecule has 1 unspecified atom stereocenters. The van der Waals surface area contributed by atoms with E-state index in [1.807, 2.05) is 0 Å². The Labute approximate surface area is 64.3 Å². The van der Waals surface area contributed by atoms with E-state index in [2.05, 4.69) is 5.32 Å². The summed E-state index contributed by atoms with van der Waals surface area (Å²) < 4.78 is 0. The van der Waals surface area contributed by atoms with Crippen LogP contribution in [0.25, 0.3) is 0 Å². The first kappa shape index (κ1) is 8.89. The molecule has 0 radical (unpaired) electrons. The number of aliphatic hydroxyl groups excluding tert-OH is 4. The summed E-state index contributed by atoms with van der Waals surface area (Å²) in [6.07, 6.45) is -1.80. The van der Waals surface area contributed by atoms with Crippen LogP contribution in [0.5, 0.6) is 0 Å². The third kappa shape index (κ3) is 1.52. The van der Waals surface area contributed by atoms with E-state index in [-0.39, 0.29) is 13.2 Å². The molecule has 0 amide bonds. The minimum Gasteiger partial charge on any atom is -0.396 e. The first-order valence-corrected chi connectivity index (χ1v) is 3.54. The van der Waals surface area contributed by atoms with Crippen molar-refractivity contribution in [1.82, 2.24) is 5.32 Å². The van der Waals surface area contributed by atoms with Crippen molar-refractivity contribution >= 4 is 0 Å². The summed E-state index contributed by atoms with van der Waals surface area (Å²) in [6, 6.07) is -0.526. The van der Waals surface area contributed by atoms with Crippen molar-refractivity contribution in [3.8, 4) is 0 Å². The van der Waals surface area contributed by atoms with Crippen LogP contribution in [0.3, 0.4) is 0 Å². The van der Waals surface area contributed by atoms with Crippen molar-refractivity contribution in [1.29, 1.82) is 0 Å². The van der Waals surface area contributed by atoms with Crippen LogP contribution in [0.15, 0.2) is 0 Å². The van der Waals surface area contributed by atoms with E-state index in [4.69, 9.17) is 15.3 Å². The molecule has 66 valence electrons. The van der Waals surface area contributed by atoms with Gasteiger partial charge < -0.3 is 20.4 Å². The molecule has 5 nitrogen and oxygen atoms in total. The second-order valence-electron chi connectivity index (χ2n) is 2.74. The molecule has 1 aliphatic heterocycles. The van der Waals surface area contributed by atoms with Crippen LogP contribution in [-0.2, 0) is 0 Å². The highest BCUT2D eigenvalue weighted by atomic mass is 16.3. The normalized spacial score (nSPS) is 44.7. The van der Waals surface area contributed by atoms with Gasteiger partial charge in [0, 0.05) is 5.92 Å². The molecule has 0 aromatic rings. The monoisotopic (exact) mass is 163 g/mol. The van der Waals surface area contributed by atoms with Crippen LogP contribution >= 0.6 is 0 Å². The van der Waals surface area contributed by atoms with Gasteiger partial charge in [-0.2, -0.15) is 0 Å². The van der Waals surface area contributed by atoms with E-state index >= 15 is 0 Å². The highest BCUT2D eigenvalue weighted by Crippen LogP contribution is 2.18. The quantitative estimate of drug-likeness (QED) is 0.304. The molecule has 0 aliphatic carbocycles. The predicted molar refractivity (Wildman–Crippen MR) is 36.6 cm³/mol. The lowest BCUT2D eigenvalue weighted by molar-refractivity contribution is 0.0202. The van der Waals surface area contributed by atoms with Gasteiger partial charge in [0.05, 0.1) is 25.4 Å². The summed E-state index contributed by atoms with van der Waals surface area (Å²) in [6.45, 7) is -0.527. The summed E-state index contributed by atoms with van der Waals surface area (Å²) >= 11 is 0. The third-order valence-electron chi connectivity index (χ3n) is 2.05. The Morgan fingerprint density at radius 1 is 1.09 bits per heavy atom. The van der Waals surface area contributed by atoms with Gasteiger partial charge in [-0.15, -0.1) is 0 Å². The molecule has 0 aromatic carbocycles. The van der Waals surface area contributed by atoms with Gasteiger partial charge in [0.15, 0.2) is 0 Å². The number of hydrogen-bond acceptors (Lipinski definition) is 5. The molecule has 5 heteroatoms. The second kappa shape index (κ2) is 3.46. The van der Waals surface area contributed by atoms with Gasteiger partial charge in [0.25, 0.3) is 0 Å². The molecule has 1 fully saturated rings. The van der Waals surface area contributed by atoms with Crippen molar-refractivity contribution in [2.75, 3.05) is 13.2 Å². The van der Waals surface area contributed by atoms with E-state index in [0.717, 1.165) is 0 Å². The first-order chi connectivity index (χ1) is 5.20. The zero-order valence-corrected chi connectivity index (χ0v) is 6.01. The molecule has 1 rings (SSSR count). The standard InChI is InChI=1S/C6H13NO4/c8-1-3-5(10)4(2-9)7-6(3)11/h3-11H,1-2H2/t3-,4?,5-,6+/m1/s1. The average molecular weight is 163 g/mol. The molecular formula is C6H13NO4.